The van der Waals surface area contributed by atoms with Crippen LogP contribution in [0, 0.1) is 13.8 Å². The van der Waals surface area contributed by atoms with E-state index < -0.39 is 0 Å². The number of H-pyrrole nitrogens is 1. The number of aryl methyl sites for hydroxylation is 1. The summed E-state index contributed by atoms with van der Waals surface area (Å²) in [6.07, 6.45) is 2.39. The average Bonchev–Trinajstić information content (AvgIpc) is 3.02. The second kappa shape index (κ2) is 6.50. The van der Waals surface area contributed by atoms with Crippen LogP contribution in [0.4, 0.5) is 0 Å². The molecule has 1 aliphatic rings. The van der Waals surface area contributed by atoms with E-state index in [1.54, 1.807) is 13.1 Å². The molecule has 0 spiro atoms. The quantitative estimate of drug-likeness (QED) is 0.757. The molecule has 27 heavy (non-hydrogen) atoms. The van der Waals surface area contributed by atoms with Crippen molar-refractivity contribution in [1.82, 2.24) is 24.6 Å². The number of fused-ring (bicyclic) bond motifs is 1. The van der Waals surface area contributed by atoms with Gasteiger partial charge in [0.2, 0.25) is 5.95 Å². The number of hydrogen-bond donors (Lipinski definition) is 1. The number of rotatable bonds is 2. The van der Waals surface area contributed by atoms with Crippen molar-refractivity contribution in [3.63, 3.8) is 0 Å². The maximum atomic E-state index is 13.2. The lowest BCUT2D eigenvalue weighted by atomic mass is 9.93. The highest BCUT2D eigenvalue weighted by molar-refractivity contribution is 5.95. The molecule has 0 bridgehead atoms. The fraction of sp³-hybridized carbons (Fsp3) is 0.300. The highest BCUT2D eigenvalue weighted by atomic mass is 16.2. The molecule has 0 aliphatic carbocycles. The molecule has 1 atom stereocenters. The lowest BCUT2D eigenvalue weighted by Crippen LogP contribution is -2.39. The van der Waals surface area contributed by atoms with Crippen LogP contribution in [0.1, 0.15) is 45.8 Å². The lowest BCUT2D eigenvalue weighted by Gasteiger charge is -2.35. The zero-order valence-corrected chi connectivity index (χ0v) is 15.6. The molecule has 138 valence electrons. The standard InChI is InChI=1S/C20H21N5O2/c1-12-10-18(26)23-20(22-12)25-14(3)17(11-21-25)19(27)24-9-8-15-6-4-5-7-16(15)13(24)2/h4-7,10-11,13H,8-9H2,1-3H3,(H,22,23,26)/t13-/m1/s1. The van der Waals surface area contributed by atoms with Gasteiger partial charge in [-0.2, -0.15) is 5.10 Å². The van der Waals surface area contributed by atoms with Crippen LogP contribution in [0.25, 0.3) is 5.95 Å². The van der Waals surface area contributed by atoms with Gasteiger partial charge in [0.25, 0.3) is 11.5 Å². The molecule has 1 aromatic carbocycles. The fourth-order valence-corrected chi connectivity index (χ4v) is 3.70. The molecule has 1 aliphatic heterocycles. The largest absolute Gasteiger partial charge is 0.331 e. The molecule has 0 saturated heterocycles. The Balaban J connectivity index is 1.68. The van der Waals surface area contributed by atoms with Crippen LogP contribution in [-0.4, -0.2) is 37.1 Å². The van der Waals surface area contributed by atoms with Gasteiger partial charge in [-0.05, 0) is 38.3 Å². The summed E-state index contributed by atoms with van der Waals surface area (Å²) in [7, 11) is 0. The van der Waals surface area contributed by atoms with Crippen molar-refractivity contribution in [3.05, 3.63) is 75.0 Å². The van der Waals surface area contributed by atoms with Crippen LogP contribution < -0.4 is 5.56 Å². The van der Waals surface area contributed by atoms with Crippen LogP contribution in [0.5, 0.6) is 0 Å². The second-order valence-corrected chi connectivity index (χ2v) is 6.89. The van der Waals surface area contributed by atoms with Crippen molar-refractivity contribution in [3.8, 4) is 5.95 Å². The topological polar surface area (TPSA) is 83.9 Å². The summed E-state index contributed by atoms with van der Waals surface area (Å²) in [6, 6.07) is 9.66. The summed E-state index contributed by atoms with van der Waals surface area (Å²) in [4.78, 5) is 33.8. The van der Waals surface area contributed by atoms with Crippen LogP contribution in [0.15, 0.2) is 41.3 Å². The summed E-state index contributed by atoms with van der Waals surface area (Å²) >= 11 is 0. The fourth-order valence-electron chi connectivity index (χ4n) is 3.70. The van der Waals surface area contributed by atoms with Gasteiger partial charge >= 0.3 is 0 Å². The monoisotopic (exact) mass is 363 g/mol. The predicted octanol–water partition coefficient (Wildman–Crippen LogP) is 2.33. The maximum absolute atomic E-state index is 13.2. The Morgan fingerprint density at radius 1 is 1.26 bits per heavy atom. The molecule has 3 aromatic rings. The van der Waals surface area contributed by atoms with Crippen LogP contribution in [0.3, 0.4) is 0 Å². The van der Waals surface area contributed by atoms with Gasteiger partial charge in [0.05, 0.1) is 23.5 Å². The van der Waals surface area contributed by atoms with E-state index in [1.807, 2.05) is 24.0 Å². The van der Waals surface area contributed by atoms with E-state index in [4.69, 9.17) is 0 Å². The van der Waals surface area contributed by atoms with E-state index in [0.717, 1.165) is 6.42 Å². The zero-order chi connectivity index (χ0) is 19.1. The van der Waals surface area contributed by atoms with Gasteiger partial charge in [-0.3, -0.25) is 14.6 Å². The van der Waals surface area contributed by atoms with Crippen molar-refractivity contribution < 1.29 is 4.79 Å². The minimum Gasteiger partial charge on any atom is -0.331 e. The Labute approximate surface area is 156 Å². The molecule has 1 amide bonds. The zero-order valence-electron chi connectivity index (χ0n) is 15.6. The minimum absolute atomic E-state index is 0.00195. The number of hydrogen-bond acceptors (Lipinski definition) is 4. The van der Waals surface area contributed by atoms with E-state index in [1.165, 1.54) is 21.9 Å². The first-order chi connectivity index (χ1) is 13.0. The molecule has 0 fully saturated rings. The lowest BCUT2D eigenvalue weighted by molar-refractivity contribution is 0.0677. The van der Waals surface area contributed by atoms with E-state index >= 15 is 0 Å². The number of benzene rings is 1. The Morgan fingerprint density at radius 3 is 2.81 bits per heavy atom. The Morgan fingerprint density at radius 2 is 2.04 bits per heavy atom. The molecule has 0 unspecified atom stereocenters. The third-order valence-electron chi connectivity index (χ3n) is 5.15. The van der Waals surface area contributed by atoms with Crippen molar-refractivity contribution in [1.29, 1.82) is 0 Å². The smallest absolute Gasteiger partial charge is 0.257 e. The number of carbonyl (C=O) groups excluding carboxylic acids is 1. The molecular formula is C20H21N5O2. The van der Waals surface area contributed by atoms with E-state index in [-0.39, 0.29) is 17.5 Å². The molecule has 4 rings (SSSR count). The Bertz CT molecular complexity index is 1080. The number of nitrogens with one attached hydrogen (secondary N) is 1. The molecule has 0 saturated carbocycles. The van der Waals surface area contributed by atoms with Crippen LogP contribution in [0.2, 0.25) is 0 Å². The van der Waals surface area contributed by atoms with Gasteiger partial charge in [0, 0.05) is 18.3 Å². The second-order valence-electron chi connectivity index (χ2n) is 6.89. The van der Waals surface area contributed by atoms with E-state index in [9.17, 15) is 9.59 Å². The van der Waals surface area contributed by atoms with Gasteiger partial charge < -0.3 is 4.90 Å². The molecular weight excluding hydrogens is 342 g/mol. The van der Waals surface area contributed by atoms with Gasteiger partial charge in [-0.25, -0.2) is 9.67 Å². The number of aromatic nitrogens is 4. The molecule has 0 radical (unpaired) electrons. The number of nitrogens with zero attached hydrogens (tertiary/aromatic N) is 4. The molecule has 7 heteroatoms. The van der Waals surface area contributed by atoms with Gasteiger partial charge in [-0.1, -0.05) is 24.3 Å². The summed E-state index contributed by atoms with van der Waals surface area (Å²) < 4.78 is 1.50. The third kappa shape index (κ3) is 2.95. The van der Waals surface area contributed by atoms with Crippen molar-refractivity contribution >= 4 is 5.91 Å². The van der Waals surface area contributed by atoms with E-state index in [0.29, 0.717) is 29.4 Å². The molecule has 3 heterocycles. The van der Waals surface area contributed by atoms with Crippen molar-refractivity contribution in [2.75, 3.05) is 6.54 Å². The SMILES string of the molecule is Cc1cc(=O)[nH]c(-n2ncc(C(=O)N3CCc4ccccc4[C@H]3C)c2C)n1. The third-order valence-corrected chi connectivity index (χ3v) is 5.15. The van der Waals surface area contributed by atoms with Gasteiger partial charge in [-0.15, -0.1) is 0 Å². The Hall–Kier alpha value is -3.22. The summed E-state index contributed by atoms with van der Waals surface area (Å²) in [5.74, 6) is 0.254. The Kier molecular flexibility index (Phi) is 4.14. The van der Waals surface area contributed by atoms with Gasteiger partial charge in [0.1, 0.15) is 0 Å². The summed E-state index contributed by atoms with van der Waals surface area (Å²) in [5, 5.41) is 4.29. The summed E-state index contributed by atoms with van der Waals surface area (Å²) in [6.45, 7) is 6.28. The predicted molar refractivity (Wildman–Crippen MR) is 101 cm³/mol. The highest BCUT2D eigenvalue weighted by Crippen LogP contribution is 2.30. The van der Waals surface area contributed by atoms with Crippen LogP contribution >= 0.6 is 0 Å². The first kappa shape index (κ1) is 17.2. The first-order valence-electron chi connectivity index (χ1n) is 8.97. The first-order valence-corrected chi connectivity index (χ1v) is 8.97. The number of amides is 1. The molecule has 7 nitrogen and oxygen atoms in total. The van der Waals surface area contributed by atoms with Gasteiger partial charge in [0.15, 0.2) is 0 Å². The van der Waals surface area contributed by atoms with E-state index in [2.05, 4.69) is 34.1 Å². The normalized spacial score (nSPS) is 16.3. The summed E-state index contributed by atoms with van der Waals surface area (Å²) in [5.41, 5.74) is 4.00. The van der Waals surface area contributed by atoms with Crippen molar-refractivity contribution in [2.45, 2.75) is 33.2 Å². The maximum Gasteiger partial charge on any atom is 0.257 e. The molecule has 1 N–H and O–H groups in total. The van der Waals surface area contributed by atoms with Crippen molar-refractivity contribution in [2.24, 2.45) is 0 Å². The van der Waals surface area contributed by atoms with Crippen LogP contribution in [-0.2, 0) is 6.42 Å². The number of aromatic amines is 1. The number of carbonyl (C=O) groups is 1. The minimum atomic E-state index is -0.249. The highest BCUT2D eigenvalue weighted by Gasteiger charge is 2.30. The average molecular weight is 363 g/mol. The molecule has 2 aromatic heterocycles.